The first-order valence-electron chi connectivity index (χ1n) is 6.62. The van der Waals surface area contributed by atoms with E-state index in [1.54, 1.807) is 6.92 Å². The number of benzene rings is 1. The van der Waals surface area contributed by atoms with Crippen LogP contribution in [0.4, 0.5) is 0 Å². The molecular weight excluding hydrogens is 230 g/mol. The Kier molecular flexibility index (Phi) is 9.00. The maximum atomic E-state index is 4.60. The number of rotatable bonds is 1. The van der Waals surface area contributed by atoms with Crippen LogP contribution < -0.4 is 0 Å². The number of allylic oxidation sites excluding steroid dienone is 2. The van der Waals surface area contributed by atoms with E-state index >= 15 is 0 Å². The Morgan fingerprint density at radius 3 is 2.37 bits per heavy atom. The van der Waals surface area contributed by atoms with E-state index in [1.165, 1.54) is 28.5 Å². The number of para-hydroxylation sites is 1. The Morgan fingerprint density at radius 1 is 1.37 bits per heavy atom. The summed E-state index contributed by atoms with van der Waals surface area (Å²) in [6, 6.07) is 8.31. The summed E-state index contributed by atoms with van der Waals surface area (Å²) >= 11 is 0. The summed E-state index contributed by atoms with van der Waals surface area (Å²) in [6.45, 7) is 10.1. The number of aromatic nitrogens is 1. The van der Waals surface area contributed by atoms with Gasteiger partial charge in [-0.3, -0.25) is 0 Å². The number of nitrogens with one attached hydrogen (secondary N) is 1. The predicted octanol–water partition coefficient (Wildman–Crippen LogP) is 5.48. The molecule has 1 N–H and O–H groups in total. The molecule has 1 heterocycles. The molecule has 1 aromatic carbocycles. The molecule has 0 aliphatic carbocycles. The van der Waals surface area contributed by atoms with Gasteiger partial charge in [0.25, 0.3) is 0 Å². The molecule has 2 rings (SSSR count). The molecule has 1 heteroatoms. The molecule has 2 aromatic rings. The van der Waals surface area contributed by atoms with Crippen molar-refractivity contribution in [2.24, 2.45) is 0 Å². The molecule has 0 fully saturated rings. The topological polar surface area (TPSA) is 15.8 Å². The van der Waals surface area contributed by atoms with Crippen molar-refractivity contribution >= 4 is 10.9 Å². The van der Waals surface area contributed by atoms with Gasteiger partial charge in [0.2, 0.25) is 0 Å². The summed E-state index contributed by atoms with van der Waals surface area (Å²) in [6.07, 6.45) is 9.96. The molecule has 0 aliphatic rings. The third-order valence-corrected chi connectivity index (χ3v) is 2.85. The normalized spacial score (nSPS) is 9.79. The first-order valence-corrected chi connectivity index (χ1v) is 6.62. The van der Waals surface area contributed by atoms with Gasteiger partial charge in [0.05, 0.1) is 0 Å². The van der Waals surface area contributed by atoms with E-state index in [9.17, 15) is 0 Å². The van der Waals surface area contributed by atoms with Crippen molar-refractivity contribution in [1.82, 2.24) is 4.98 Å². The van der Waals surface area contributed by atoms with Crippen LogP contribution in [0, 0.1) is 19.3 Å². The zero-order valence-electron chi connectivity index (χ0n) is 12.7. The average Bonchev–Trinajstić information content (AvgIpc) is 2.82. The lowest BCUT2D eigenvalue weighted by Gasteiger charge is -1.86. The lowest BCUT2D eigenvalue weighted by Crippen LogP contribution is -1.64. The Balaban J connectivity index is 0.000000312. The van der Waals surface area contributed by atoms with E-state index in [0.717, 1.165) is 0 Å². The molecule has 0 saturated heterocycles. The average molecular weight is 255 g/mol. The second-order valence-corrected chi connectivity index (χ2v) is 4.29. The first-order chi connectivity index (χ1) is 9.10. The zero-order valence-corrected chi connectivity index (χ0v) is 12.7. The summed E-state index contributed by atoms with van der Waals surface area (Å²) in [7, 11) is 0. The van der Waals surface area contributed by atoms with Crippen LogP contribution in [0.2, 0.25) is 0 Å². The van der Waals surface area contributed by atoms with Crippen LogP contribution in [-0.4, -0.2) is 4.98 Å². The monoisotopic (exact) mass is 255 g/mol. The molecule has 0 saturated carbocycles. The minimum Gasteiger partial charge on any atom is -0.361 e. The van der Waals surface area contributed by atoms with Crippen LogP contribution in [0.25, 0.3) is 10.9 Å². The third kappa shape index (κ3) is 6.52. The molecule has 0 bridgehead atoms. The van der Waals surface area contributed by atoms with Crippen LogP contribution in [0.5, 0.6) is 0 Å². The highest BCUT2D eigenvalue weighted by molar-refractivity contribution is 5.82. The third-order valence-electron chi connectivity index (χ3n) is 2.85. The molecular formula is C18H25N. The largest absolute Gasteiger partial charge is 0.361 e. The van der Waals surface area contributed by atoms with E-state index < -0.39 is 0 Å². The molecule has 0 amide bonds. The summed E-state index contributed by atoms with van der Waals surface area (Å²) in [5.41, 5.74) is 4.01. The van der Waals surface area contributed by atoms with Gasteiger partial charge < -0.3 is 4.98 Å². The summed E-state index contributed by atoms with van der Waals surface area (Å²) < 4.78 is 0. The SMILES string of the molecule is C#CC.C/C=C(/C)CC.Cc1c[nH]c2ccccc12. The van der Waals surface area contributed by atoms with Gasteiger partial charge in [0, 0.05) is 17.1 Å². The highest BCUT2D eigenvalue weighted by atomic mass is 14.7. The maximum absolute atomic E-state index is 4.60. The second kappa shape index (κ2) is 10.0. The molecule has 1 aromatic heterocycles. The van der Waals surface area contributed by atoms with Gasteiger partial charge in [0.15, 0.2) is 0 Å². The second-order valence-electron chi connectivity index (χ2n) is 4.29. The molecule has 102 valence electrons. The number of hydrogen-bond donors (Lipinski definition) is 1. The van der Waals surface area contributed by atoms with E-state index in [1.807, 2.05) is 12.3 Å². The predicted molar refractivity (Wildman–Crippen MR) is 87.3 cm³/mol. The number of hydrogen-bond acceptors (Lipinski definition) is 0. The fraction of sp³-hybridized carbons (Fsp3) is 0.333. The van der Waals surface area contributed by atoms with Crippen LogP contribution >= 0.6 is 0 Å². The van der Waals surface area contributed by atoms with E-state index in [0.29, 0.717) is 0 Å². The minimum absolute atomic E-state index is 1.19. The van der Waals surface area contributed by atoms with Crippen LogP contribution in [-0.2, 0) is 0 Å². The maximum Gasteiger partial charge on any atom is 0.0456 e. The van der Waals surface area contributed by atoms with Crippen molar-refractivity contribution in [2.45, 2.75) is 41.0 Å². The molecule has 0 unspecified atom stereocenters. The quantitative estimate of drug-likeness (QED) is 0.513. The zero-order chi connectivity index (χ0) is 14.7. The number of terminal acetylenes is 1. The van der Waals surface area contributed by atoms with Gasteiger partial charge in [0.1, 0.15) is 0 Å². The van der Waals surface area contributed by atoms with E-state index in [4.69, 9.17) is 0 Å². The fourth-order valence-corrected chi connectivity index (χ4v) is 1.42. The molecule has 0 spiro atoms. The van der Waals surface area contributed by atoms with Crippen LogP contribution in [0.3, 0.4) is 0 Å². The van der Waals surface area contributed by atoms with E-state index in [2.05, 4.69) is 69.3 Å². The van der Waals surface area contributed by atoms with Gasteiger partial charge >= 0.3 is 0 Å². The summed E-state index contributed by atoms with van der Waals surface area (Å²) in [5.74, 6) is 2.25. The lowest BCUT2D eigenvalue weighted by atomic mass is 10.2. The number of aryl methyl sites for hydroxylation is 1. The molecule has 0 radical (unpaired) electrons. The molecule has 0 aliphatic heterocycles. The number of aromatic amines is 1. The standard InChI is InChI=1S/C9H9N.C6H12.C3H4/c1-7-6-10-9-5-3-2-4-8(7)9;1-4-6(3)5-2;1-3-2/h2-6,10H,1H3;4H,5H2,1-3H3;1H,2H3/b;6-4-;. The number of fused-ring (bicyclic) bond motifs is 1. The van der Waals surface area contributed by atoms with Gasteiger partial charge in [-0.1, -0.05) is 36.8 Å². The minimum atomic E-state index is 1.19. The Bertz CT molecular complexity index is 538. The van der Waals surface area contributed by atoms with Crippen molar-refractivity contribution in [2.75, 3.05) is 0 Å². The fourth-order valence-electron chi connectivity index (χ4n) is 1.42. The van der Waals surface area contributed by atoms with E-state index in [-0.39, 0.29) is 0 Å². The highest BCUT2D eigenvalue weighted by Gasteiger charge is 1.94. The van der Waals surface area contributed by atoms with Crippen molar-refractivity contribution in [3.05, 3.63) is 47.7 Å². The molecule has 19 heavy (non-hydrogen) atoms. The van der Waals surface area contributed by atoms with Crippen molar-refractivity contribution in [3.63, 3.8) is 0 Å². The first kappa shape index (κ1) is 17.1. The smallest absolute Gasteiger partial charge is 0.0456 e. The Morgan fingerprint density at radius 2 is 1.95 bits per heavy atom. The molecule has 1 nitrogen and oxygen atoms in total. The van der Waals surface area contributed by atoms with Crippen molar-refractivity contribution in [3.8, 4) is 12.3 Å². The van der Waals surface area contributed by atoms with Crippen LogP contribution in [0.15, 0.2) is 42.1 Å². The van der Waals surface area contributed by atoms with Gasteiger partial charge in [-0.15, -0.1) is 12.3 Å². The van der Waals surface area contributed by atoms with Crippen molar-refractivity contribution < 1.29 is 0 Å². The van der Waals surface area contributed by atoms with Gasteiger partial charge in [-0.2, -0.15) is 0 Å². The lowest BCUT2D eigenvalue weighted by molar-refractivity contribution is 1.09. The highest BCUT2D eigenvalue weighted by Crippen LogP contribution is 2.15. The van der Waals surface area contributed by atoms with Gasteiger partial charge in [-0.25, -0.2) is 0 Å². The summed E-state index contributed by atoms with van der Waals surface area (Å²) in [5, 5.41) is 1.32. The summed E-state index contributed by atoms with van der Waals surface area (Å²) in [4.78, 5) is 3.19. The number of H-pyrrole nitrogens is 1. The van der Waals surface area contributed by atoms with Crippen molar-refractivity contribution in [1.29, 1.82) is 0 Å². The Hall–Kier alpha value is -1.94. The van der Waals surface area contributed by atoms with Crippen LogP contribution in [0.1, 0.15) is 39.7 Å². The molecule has 0 atom stereocenters. The Labute approximate surface area is 117 Å². The van der Waals surface area contributed by atoms with Gasteiger partial charge in [-0.05, 0) is 45.7 Å².